The molecule has 1 aromatic heterocycles. The molecule has 0 bridgehead atoms. The zero-order valence-corrected chi connectivity index (χ0v) is 8.21. The van der Waals surface area contributed by atoms with Gasteiger partial charge in [-0.15, -0.1) is 0 Å². The van der Waals surface area contributed by atoms with Gasteiger partial charge in [0.25, 0.3) is 5.56 Å². The number of hydrogen-bond acceptors (Lipinski definition) is 3. The molecular formula is C10H10BNO3. The topological polar surface area (TPSA) is 62.5 Å². The molecule has 0 atom stereocenters. The maximum absolute atomic E-state index is 11.6. The Morgan fingerprint density at radius 3 is 2.67 bits per heavy atom. The van der Waals surface area contributed by atoms with Gasteiger partial charge in [-0.3, -0.25) is 4.79 Å². The monoisotopic (exact) mass is 203 g/mol. The van der Waals surface area contributed by atoms with Gasteiger partial charge in [0.15, 0.2) is 0 Å². The van der Waals surface area contributed by atoms with Gasteiger partial charge in [0.05, 0.1) is 0 Å². The molecule has 2 rings (SSSR count). The van der Waals surface area contributed by atoms with Crippen molar-refractivity contribution in [2.24, 2.45) is 7.05 Å². The van der Waals surface area contributed by atoms with Crippen LogP contribution in [0, 0.1) is 0 Å². The van der Waals surface area contributed by atoms with E-state index in [2.05, 4.69) is 0 Å². The van der Waals surface area contributed by atoms with Gasteiger partial charge >= 0.3 is 7.12 Å². The van der Waals surface area contributed by atoms with Crippen LogP contribution in [0.5, 0.6) is 0 Å². The van der Waals surface area contributed by atoms with Crippen molar-refractivity contribution < 1.29 is 10.0 Å². The lowest BCUT2D eigenvalue weighted by Gasteiger charge is -2.03. The van der Waals surface area contributed by atoms with E-state index >= 15 is 0 Å². The van der Waals surface area contributed by atoms with Gasteiger partial charge in [-0.2, -0.15) is 0 Å². The Morgan fingerprint density at radius 1 is 1.27 bits per heavy atom. The second kappa shape index (κ2) is 3.53. The van der Waals surface area contributed by atoms with Gasteiger partial charge in [0.1, 0.15) is 0 Å². The molecule has 76 valence electrons. The van der Waals surface area contributed by atoms with Crippen LogP contribution in [-0.4, -0.2) is 21.7 Å². The average Bonchev–Trinajstić information content (AvgIpc) is 2.23. The first-order valence-corrected chi connectivity index (χ1v) is 4.55. The first kappa shape index (κ1) is 9.95. The van der Waals surface area contributed by atoms with Crippen LogP contribution in [0.15, 0.2) is 35.3 Å². The summed E-state index contributed by atoms with van der Waals surface area (Å²) in [6, 6.07) is 6.50. The van der Waals surface area contributed by atoms with Crippen molar-refractivity contribution in [1.29, 1.82) is 0 Å². The van der Waals surface area contributed by atoms with E-state index in [9.17, 15) is 4.79 Å². The van der Waals surface area contributed by atoms with Crippen molar-refractivity contribution in [2.75, 3.05) is 0 Å². The van der Waals surface area contributed by atoms with Crippen molar-refractivity contribution in [3.8, 4) is 0 Å². The van der Waals surface area contributed by atoms with Crippen molar-refractivity contribution in [2.45, 2.75) is 0 Å². The molecular weight excluding hydrogens is 193 g/mol. The highest BCUT2D eigenvalue weighted by molar-refractivity contribution is 6.58. The Labute approximate surface area is 86.6 Å². The van der Waals surface area contributed by atoms with Gasteiger partial charge in [-0.1, -0.05) is 12.1 Å². The van der Waals surface area contributed by atoms with Crippen LogP contribution in [0.3, 0.4) is 0 Å². The van der Waals surface area contributed by atoms with Crippen molar-refractivity contribution >= 4 is 23.4 Å². The SMILES string of the molecule is Cn1ccc2cc(B(O)O)ccc2c1=O. The predicted octanol–water partition coefficient (Wildman–Crippen LogP) is -0.782. The number of hydrogen-bond donors (Lipinski definition) is 2. The number of aromatic nitrogens is 1. The summed E-state index contributed by atoms with van der Waals surface area (Å²) < 4.78 is 1.48. The first-order chi connectivity index (χ1) is 7.09. The summed E-state index contributed by atoms with van der Waals surface area (Å²) in [4.78, 5) is 11.6. The Hall–Kier alpha value is -1.59. The smallest absolute Gasteiger partial charge is 0.423 e. The van der Waals surface area contributed by atoms with E-state index in [4.69, 9.17) is 10.0 Å². The van der Waals surface area contributed by atoms with Crippen molar-refractivity contribution in [3.63, 3.8) is 0 Å². The van der Waals surface area contributed by atoms with Crippen molar-refractivity contribution in [1.82, 2.24) is 4.57 Å². The minimum atomic E-state index is -1.50. The van der Waals surface area contributed by atoms with E-state index in [-0.39, 0.29) is 5.56 Å². The van der Waals surface area contributed by atoms with E-state index in [1.165, 1.54) is 10.6 Å². The zero-order valence-electron chi connectivity index (χ0n) is 8.21. The highest BCUT2D eigenvalue weighted by atomic mass is 16.4. The van der Waals surface area contributed by atoms with Gasteiger partial charge in [0.2, 0.25) is 0 Å². The number of aryl methyl sites for hydroxylation is 1. The molecule has 0 radical (unpaired) electrons. The fourth-order valence-electron chi connectivity index (χ4n) is 1.52. The lowest BCUT2D eigenvalue weighted by molar-refractivity contribution is 0.426. The molecule has 0 unspecified atom stereocenters. The second-order valence-electron chi connectivity index (χ2n) is 3.45. The summed E-state index contributed by atoms with van der Waals surface area (Å²) in [6.45, 7) is 0. The molecule has 2 N–H and O–H groups in total. The Morgan fingerprint density at radius 2 is 2.00 bits per heavy atom. The van der Waals surface area contributed by atoms with Crippen LogP contribution in [0.4, 0.5) is 0 Å². The molecule has 0 aliphatic rings. The quantitative estimate of drug-likeness (QED) is 0.597. The fraction of sp³-hybridized carbons (Fsp3) is 0.100. The van der Waals surface area contributed by atoms with E-state index in [0.29, 0.717) is 16.2 Å². The van der Waals surface area contributed by atoms with E-state index in [0.717, 1.165) is 0 Å². The third-order valence-corrected chi connectivity index (χ3v) is 2.40. The lowest BCUT2D eigenvalue weighted by atomic mass is 9.79. The minimum absolute atomic E-state index is 0.0912. The zero-order chi connectivity index (χ0) is 11.0. The molecule has 1 aromatic carbocycles. The molecule has 4 nitrogen and oxygen atoms in total. The normalized spacial score (nSPS) is 10.6. The van der Waals surface area contributed by atoms with Crippen LogP contribution >= 0.6 is 0 Å². The molecule has 0 aliphatic heterocycles. The lowest BCUT2D eigenvalue weighted by Crippen LogP contribution is -2.30. The van der Waals surface area contributed by atoms with E-state index < -0.39 is 7.12 Å². The number of benzene rings is 1. The average molecular weight is 203 g/mol. The summed E-state index contributed by atoms with van der Waals surface area (Å²) in [5.74, 6) is 0. The third kappa shape index (κ3) is 1.67. The van der Waals surface area contributed by atoms with Gasteiger partial charge in [-0.25, -0.2) is 0 Å². The number of rotatable bonds is 1. The number of nitrogens with zero attached hydrogens (tertiary/aromatic N) is 1. The molecule has 0 spiro atoms. The van der Waals surface area contributed by atoms with Crippen LogP contribution in [0.2, 0.25) is 0 Å². The van der Waals surface area contributed by atoms with Crippen LogP contribution in [0.25, 0.3) is 10.8 Å². The molecule has 5 heteroatoms. The van der Waals surface area contributed by atoms with Gasteiger partial charge in [-0.05, 0) is 23.0 Å². The highest BCUT2D eigenvalue weighted by Gasteiger charge is 2.11. The van der Waals surface area contributed by atoms with Crippen LogP contribution in [-0.2, 0) is 7.05 Å². The number of pyridine rings is 1. The highest BCUT2D eigenvalue weighted by Crippen LogP contribution is 2.06. The Balaban J connectivity index is 2.76. The minimum Gasteiger partial charge on any atom is -0.423 e. The molecule has 15 heavy (non-hydrogen) atoms. The second-order valence-corrected chi connectivity index (χ2v) is 3.45. The molecule has 2 aromatic rings. The predicted molar refractivity (Wildman–Crippen MR) is 59.0 cm³/mol. The third-order valence-electron chi connectivity index (χ3n) is 2.40. The summed E-state index contributed by atoms with van der Waals surface area (Å²) in [6.07, 6.45) is 1.65. The standard InChI is InChI=1S/C10H10BNO3/c1-12-5-4-7-6-8(11(14)15)2-3-9(7)10(12)13/h2-6,14-15H,1H3. The largest absolute Gasteiger partial charge is 0.488 e. The fourth-order valence-corrected chi connectivity index (χ4v) is 1.52. The Kier molecular flexibility index (Phi) is 2.34. The van der Waals surface area contributed by atoms with Crippen molar-refractivity contribution in [3.05, 3.63) is 40.8 Å². The van der Waals surface area contributed by atoms with Gasteiger partial charge < -0.3 is 14.6 Å². The van der Waals surface area contributed by atoms with E-state index in [1.807, 2.05) is 0 Å². The van der Waals surface area contributed by atoms with Crippen LogP contribution in [0.1, 0.15) is 0 Å². The Bertz CT molecular complexity index is 562. The molecule has 0 saturated carbocycles. The molecule has 0 amide bonds. The van der Waals surface area contributed by atoms with E-state index in [1.54, 1.807) is 31.4 Å². The number of fused-ring (bicyclic) bond motifs is 1. The molecule has 0 aliphatic carbocycles. The van der Waals surface area contributed by atoms with Gasteiger partial charge in [0, 0.05) is 18.6 Å². The molecule has 0 fully saturated rings. The van der Waals surface area contributed by atoms with Crippen LogP contribution < -0.4 is 11.0 Å². The molecule has 1 heterocycles. The summed E-state index contributed by atoms with van der Waals surface area (Å²) >= 11 is 0. The summed E-state index contributed by atoms with van der Waals surface area (Å²) in [5, 5.41) is 19.2. The maximum Gasteiger partial charge on any atom is 0.488 e. The summed E-state index contributed by atoms with van der Waals surface area (Å²) in [5.41, 5.74) is 0.294. The maximum atomic E-state index is 11.6. The first-order valence-electron chi connectivity index (χ1n) is 4.55. The molecule has 0 saturated heterocycles. The summed E-state index contributed by atoms with van der Waals surface area (Å²) in [7, 11) is 0.176.